The van der Waals surface area contributed by atoms with E-state index in [-0.39, 0.29) is 17.9 Å². The number of amidine groups is 1. The van der Waals surface area contributed by atoms with Gasteiger partial charge in [0.15, 0.2) is 10.7 Å². The van der Waals surface area contributed by atoms with E-state index in [4.69, 9.17) is 9.73 Å². The van der Waals surface area contributed by atoms with Crippen LogP contribution in [-0.4, -0.2) is 26.2 Å². The lowest BCUT2D eigenvalue weighted by Crippen LogP contribution is -2.15. The van der Waals surface area contributed by atoms with Crippen LogP contribution in [0.25, 0.3) is 11.0 Å². The number of rotatable bonds is 2. The Morgan fingerprint density at radius 1 is 1.59 bits per heavy atom. The van der Waals surface area contributed by atoms with Gasteiger partial charge >= 0.3 is 5.84 Å². The highest BCUT2D eigenvalue weighted by Gasteiger charge is 2.19. The summed E-state index contributed by atoms with van der Waals surface area (Å²) < 4.78 is 4.89. The zero-order valence-corrected chi connectivity index (χ0v) is 8.40. The summed E-state index contributed by atoms with van der Waals surface area (Å²) in [6.07, 6.45) is -0.263. The fraction of sp³-hybridized carbons (Fsp3) is 0.111. The van der Waals surface area contributed by atoms with Gasteiger partial charge in [-0.3, -0.25) is 0 Å². The number of aromatic hydroxyl groups is 1. The molecule has 2 N–H and O–H groups in total. The Balaban J connectivity index is 2.40. The number of hydrogen-bond donors (Lipinski definition) is 2. The molecular weight excluding hydrogens is 230 g/mol. The third-order valence-corrected chi connectivity index (χ3v) is 2.18. The van der Waals surface area contributed by atoms with Gasteiger partial charge in [-0.15, -0.1) is 0 Å². The van der Waals surface area contributed by atoms with E-state index in [9.17, 15) is 15.2 Å². The van der Waals surface area contributed by atoms with E-state index in [2.05, 4.69) is 10.3 Å². The number of fused-ring (bicyclic) bond motifs is 1. The lowest BCUT2D eigenvalue weighted by atomic mass is 10.1. The molecule has 0 saturated carbocycles. The molecule has 0 saturated heterocycles. The van der Waals surface area contributed by atoms with Gasteiger partial charge in [-0.25, -0.2) is 0 Å². The number of oxime groups is 1. The zero-order valence-electron chi connectivity index (χ0n) is 8.40. The molecule has 0 radical (unpaired) electrons. The van der Waals surface area contributed by atoms with E-state index < -0.39 is 10.8 Å². The van der Waals surface area contributed by atoms with Gasteiger partial charge in [-0.2, -0.15) is 0 Å². The molecule has 0 aliphatic rings. The predicted molar refractivity (Wildman–Crippen MR) is 55.6 cm³/mol. The molecule has 1 heterocycles. The van der Waals surface area contributed by atoms with Crippen LogP contribution in [0, 0.1) is 10.1 Å². The molecule has 0 unspecified atom stereocenters. The third kappa shape index (κ3) is 2.00. The highest BCUT2D eigenvalue weighted by Crippen LogP contribution is 2.23. The Hall–Kier alpha value is -2.64. The summed E-state index contributed by atoms with van der Waals surface area (Å²) in [4.78, 5) is 9.66. The minimum atomic E-state index is -0.805. The third-order valence-electron chi connectivity index (χ3n) is 2.18. The summed E-state index contributed by atoms with van der Waals surface area (Å²) >= 11 is 0. The van der Waals surface area contributed by atoms with E-state index in [1.165, 1.54) is 18.2 Å². The zero-order chi connectivity index (χ0) is 12.4. The smallest absolute Gasteiger partial charge is 0.391 e. The van der Waals surface area contributed by atoms with Gasteiger partial charge in [0.05, 0.1) is 0 Å². The van der Waals surface area contributed by atoms with Crippen molar-refractivity contribution in [2.45, 2.75) is 6.42 Å². The fourth-order valence-electron chi connectivity index (χ4n) is 1.39. The van der Waals surface area contributed by atoms with Crippen molar-refractivity contribution in [3.05, 3.63) is 34.0 Å². The van der Waals surface area contributed by atoms with Gasteiger partial charge < -0.3 is 25.0 Å². The van der Waals surface area contributed by atoms with Crippen LogP contribution in [0.2, 0.25) is 0 Å². The SMILES string of the molecule is O=[N+]([O-])/C(Cc1noc2cc(O)ccc12)=N\O. The topological polar surface area (TPSA) is 122 Å². The van der Waals surface area contributed by atoms with E-state index in [1.54, 1.807) is 0 Å². The van der Waals surface area contributed by atoms with Crippen LogP contribution in [0.1, 0.15) is 5.69 Å². The molecule has 0 fully saturated rings. The van der Waals surface area contributed by atoms with Crippen molar-refractivity contribution in [3.8, 4) is 5.75 Å². The standard InChI is InChI=1S/C9H7N3O5/c13-5-1-2-6-7(11-17-8(6)3-5)4-9(10-14)12(15)16/h1-3,13-14H,4H2/b10-9-. The molecule has 8 nitrogen and oxygen atoms in total. The van der Waals surface area contributed by atoms with Crippen LogP contribution in [0.15, 0.2) is 27.9 Å². The summed E-state index contributed by atoms with van der Waals surface area (Å²) in [6, 6.07) is 4.27. The van der Waals surface area contributed by atoms with Gasteiger partial charge in [0.2, 0.25) is 0 Å². The van der Waals surface area contributed by atoms with E-state index >= 15 is 0 Å². The fourth-order valence-corrected chi connectivity index (χ4v) is 1.39. The molecule has 0 atom stereocenters. The number of phenolic OH excluding ortho intramolecular Hbond substituents is 1. The Morgan fingerprint density at radius 3 is 3.00 bits per heavy atom. The molecule has 1 aromatic heterocycles. The van der Waals surface area contributed by atoms with Gasteiger partial charge in [-0.1, -0.05) is 5.16 Å². The van der Waals surface area contributed by atoms with Crippen molar-refractivity contribution in [2.24, 2.45) is 5.16 Å². The van der Waals surface area contributed by atoms with Crippen LogP contribution >= 0.6 is 0 Å². The highest BCUT2D eigenvalue weighted by atomic mass is 16.6. The largest absolute Gasteiger partial charge is 0.508 e. The molecule has 0 spiro atoms. The summed E-state index contributed by atoms with van der Waals surface area (Å²) in [5.41, 5.74) is 0.574. The molecule has 2 aromatic rings. The van der Waals surface area contributed by atoms with E-state index in [0.29, 0.717) is 11.0 Å². The van der Waals surface area contributed by atoms with Crippen LogP contribution in [-0.2, 0) is 6.42 Å². The molecule has 0 aliphatic carbocycles. The molecule has 0 aliphatic heterocycles. The van der Waals surface area contributed by atoms with Crippen molar-refractivity contribution in [2.75, 3.05) is 0 Å². The lowest BCUT2D eigenvalue weighted by Gasteiger charge is -1.94. The van der Waals surface area contributed by atoms with Crippen molar-refractivity contribution in [3.63, 3.8) is 0 Å². The average Bonchev–Trinajstić information content (AvgIpc) is 2.67. The lowest BCUT2D eigenvalue weighted by molar-refractivity contribution is -0.355. The van der Waals surface area contributed by atoms with Crippen molar-refractivity contribution < 1.29 is 19.8 Å². The van der Waals surface area contributed by atoms with E-state index in [1.807, 2.05) is 0 Å². The summed E-state index contributed by atoms with van der Waals surface area (Å²) in [6.45, 7) is 0. The van der Waals surface area contributed by atoms with Gasteiger partial charge in [-0.05, 0) is 17.1 Å². The average molecular weight is 237 g/mol. The van der Waals surface area contributed by atoms with E-state index in [0.717, 1.165) is 0 Å². The number of phenols is 1. The molecular formula is C9H7N3O5. The molecule has 1 aromatic carbocycles. The Labute approximate surface area is 93.9 Å². The number of aromatic nitrogens is 1. The Bertz CT molecular complexity index is 604. The van der Waals surface area contributed by atoms with Crippen molar-refractivity contribution in [1.29, 1.82) is 0 Å². The monoisotopic (exact) mass is 237 g/mol. The predicted octanol–water partition coefficient (Wildman–Crippen LogP) is 1.14. The molecule has 0 amide bonds. The molecule has 17 heavy (non-hydrogen) atoms. The molecule has 88 valence electrons. The summed E-state index contributed by atoms with van der Waals surface area (Å²) in [5.74, 6) is -0.626. The van der Waals surface area contributed by atoms with Crippen molar-refractivity contribution >= 4 is 16.8 Å². The number of benzene rings is 1. The first kappa shape index (κ1) is 10.9. The van der Waals surface area contributed by atoms with Crippen LogP contribution in [0.3, 0.4) is 0 Å². The van der Waals surface area contributed by atoms with Crippen LogP contribution in [0.4, 0.5) is 0 Å². The number of hydrogen-bond acceptors (Lipinski definition) is 7. The first-order valence-electron chi connectivity index (χ1n) is 4.54. The van der Waals surface area contributed by atoms with Gasteiger partial charge in [0.1, 0.15) is 17.9 Å². The first-order valence-corrected chi connectivity index (χ1v) is 4.54. The maximum atomic E-state index is 10.5. The first-order chi connectivity index (χ1) is 8.11. The van der Waals surface area contributed by atoms with Crippen LogP contribution < -0.4 is 0 Å². The normalized spacial score (nSPS) is 11.9. The highest BCUT2D eigenvalue weighted by molar-refractivity contribution is 5.85. The Kier molecular flexibility index (Phi) is 2.61. The molecule has 8 heteroatoms. The minimum Gasteiger partial charge on any atom is -0.508 e. The number of nitrogens with zero attached hydrogens (tertiary/aromatic N) is 3. The minimum absolute atomic E-state index is 0.00512. The Morgan fingerprint density at radius 2 is 2.35 bits per heavy atom. The van der Waals surface area contributed by atoms with Crippen molar-refractivity contribution in [1.82, 2.24) is 5.16 Å². The molecule has 0 bridgehead atoms. The number of nitro groups is 1. The second-order valence-corrected chi connectivity index (χ2v) is 3.26. The van der Waals surface area contributed by atoms with Crippen LogP contribution in [0.5, 0.6) is 5.75 Å². The second-order valence-electron chi connectivity index (χ2n) is 3.26. The quantitative estimate of drug-likeness (QED) is 0.265. The van der Waals surface area contributed by atoms with Gasteiger partial charge in [0.25, 0.3) is 0 Å². The van der Waals surface area contributed by atoms with Gasteiger partial charge in [0, 0.05) is 11.5 Å². The maximum absolute atomic E-state index is 10.5. The maximum Gasteiger partial charge on any atom is 0.391 e. The molecule has 2 rings (SSSR count). The summed E-state index contributed by atoms with van der Waals surface area (Å²) in [5, 5.41) is 34.8. The second kappa shape index (κ2) is 4.08. The summed E-state index contributed by atoms with van der Waals surface area (Å²) in [7, 11) is 0.